The van der Waals surface area contributed by atoms with Crippen molar-refractivity contribution in [3.63, 3.8) is 0 Å². The third kappa shape index (κ3) is 3.16. The fourth-order valence-corrected chi connectivity index (χ4v) is 2.96. The molecule has 2 aromatic heterocycles. The second-order valence-electron chi connectivity index (χ2n) is 5.57. The molecule has 114 valence electrons. The van der Waals surface area contributed by atoms with Crippen molar-refractivity contribution >= 4 is 0 Å². The Morgan fingerprint density at radius 2 is 2.38 bits per heavy atom. The van der Waals surface area contributed by atoms with E-state index in [0.29, 0.717) is 12.6 Å². The summed E-state index contributed by atoms with van der Waals surface area (Å²) in [7, 11) is 1.72. The molecule has 1 unspecified atom stereocenters. The second-order valence-corrected chi connectivity index (χ2v) is 5.57. The molecule has 1 saturated heterocycles. The summed E-state index contributed by atoms with van der Waals surface area (Å²) >= 11 is 0. The summed E-state index contributed by atoms with van der Waals surface area (Å²) in [6.45, 7) is 5.47. The normalized spacial score (nSPS) is 19.4. The highest BCUT2D eigenvalue weighted by molar-refractivity contribution is 5.10. The lowest BCUT2D eigenvalue weighted by atomic mass is 10.1. The number of likely N-dealkylation sites (tertiary alicyclic amines) is 1. The van der Waals surface area contributed by atoms with E-state index in [2.05, 4.69) is 19.6 Å². The smallest absolute Gasteiger partial charge is 0.154 e. The second kappa shape index (κ2) is 6.41. The van der Waals surface area contributed by atoms with E-state index in [0.717, 1.165) is 37.5 Å². The number of hydrogen-bond donors (Lipinski definition) is 0. The maximum absolute atomic E-state index is 5.46. The van der Waals surface area contributed by atoms with Crippen molar-refractivity contribution in [2.75, 3.05) is 20.3 Å². The molecule has 1 aliphatic heterocycles. The molecular weight excluding hydrogens is 268 g/mol. The topological polar surface area (TPSA) is 56.3 Å². The van der Waals surface area contributed by atoms with Gasteiger partial charge in [0, 0.05) is 32.5 Å². The minimum absolute atomic E-state index is 0.331. The van der Waals surface area contributed by atoms with Gasteiger partial charge in [-0.25, -0.2) is 4.98 Å². The Morgan fingerprint density at radius 1 is 1.48 bits per heavy atom. The fourth-order valence-electron chi connectivity index (χ4n) is 2.96. The largest absolute Gasteiger partial charge is 0.383 e. The number of imidazole rings is 1. The molecule has 3 rings (SSSR count). The lowest BCUT2D eigenvalue weighted by Gasteiger charge is -2.22. The van der Waals surface area contributed by atoms with E-state index in [4.69, 9.17) is 9.26 Å². The van der Waals surface area contributed by atoms with E-state index in [9.17, 15) is 0 Å². The maximum Gasteiger partial charge on any atom is 0.154 e. The molecule has 1 aliphatic rings. The van der Waals surface area contributed by atoms with Gasteiger partial charge in [0.25, 0.3) is 0 Å². The van der Waals surface area contributed by atoms with Crippen LogP contribution in [-0.2, 0) is 17.8 Å². The van der Waals surface area contributed by atoms with E-state index < -0.39 is 0 Å². The van der Waals surface area contributed by atoms with Crippen molar-refractivity contribution in [2.24, 2.45) is 0 Å². The van der Waals surface area contributed by atoms with Gasteiger partial charge in [-0.3, -0.25) is 4.90 Å². The summed E-state index contributed by atoms with van der Waals surface area (Å²) in [6, 6.07) is 2.38. The Hall–Kier alpha value is -1.66. The minimum Gasteiger partial charge on any atom is -0.383 e. The summed E-state index contributed by atoms with van der Waals surface area (Å²) in [5.41, 5.74) is 2.16. The molecule has 0 bridgehead atoms. The zero-order valence-corrected chi connectivity index (χ0v) is 12.7. The Balaban J connectivity index is 1.70. The van der Waals surface area contributed by atoms with Gasteiger partial charge in [0.15, 0.2) is 5.76 Å². The average molecular weight is 290 g/mol. The molecule has 0 amide bonds. The van der Waals surface area contributed by atoms with Crippen molar-refractivity contribution in [1.29, 1.82) is 0 Å². The molecular formula is C15H22N4O2. The monoisotopic (exact) mass is 290 g/mol. The molecule has 2 aromatic rings. The first-order valence-electron chi connectivity index (χ1n) is 7.43. The lowest BCUT2D eigenvalue weighted by molar-refractivity contribution is 0.179. The Morgan fingerprint density at radius 3 is 3.14 bits per heavy atom. The summed E-state index contributed by atoms with van der Waals surface area (Å²) in [5, 5.41) is 4.02. The van der Waals surface area contributed by atoms with E-state index in [1.807, 2.05) is 25.5 Å². The van der Waals surface area contributed by atoms with Crippen LogP contribution < -0.4 is 0 Å². The molecule has 6 heteroatoms. The Bertz CT molecular complexity index is 578. The molecule has 3 heterocycles. The van der Waals surface area contributed by atoms with Crippen LogP contribution in [0, 0.1) is 6.92 Å². The maximum atomic E-state index is 5.46. The first-order chi connectivity index (χ1) is 10.3. The highest BCUT2D eigenvalue weighted by Crippen LogP contribution is 2.33. The van der Waals surface area contributed by atoms with Crippen LogP contribution in [0.3, 0.4) is 0 Å². The van der Waals surface area contributed by atoms with Gasteiger partial charge >= 0.3 is 0 Å². The Labute approximate surface area is 124 Å². The van der Waals surface area contributed by atoms with Crippen LogP contribution in [0.4, 0.5) is 0 Å². The average Bonchev–Trinajstić information content (AvgIpc) is 3.18. The van der Waals surface area contributed by atoms with Gasteiger partial charge in [-0.1, -0.05) is 5.16 Å². The number of nitrogens with zero attached hydrogens (tertiary/aromatic N) is 4. The lowest BCUT2D eigenvalue weighted by Crippen LogP contribution is -2.24. The molecule has 6 nitrogen and oxygen atoms in total. The van der Waals surface area contributed by atoms with Gasteiger partial charge in [-0.2, -0.15) is 0 Å². The van der Waals surface area contributed by atoms with E-state index in [1.165, 1.54) is 12.1 Å². The van der Waals surface area contributed by atoms with Gasteiger partial charge in [-0.15, -0.1) is 0 Å². The van der Waals surface area contributed by atoms with Crippen LogP contribution in [0.1, 0.15) is 36.0 Å². The molecule has 0 N–H and O–H groups in total. The number of aromatic nitrogens is 3. The van der Waals surface area contributed by atoms with Crippen LogP contribution in [0.15, 0.2) is 23.1 Å². The van der Waals surface area contributed by atoms with Crippen LogP contribution in [0.2, 0.25) is 0 Å². The quantitative estimate of drug-likeness (QED) is 0.816. The van der Waals surface area contributed by atoms with Crippen LogP contribution >= 0.6 is 0 Å². The van der Waals surface area contributed by atoms with Crippen molar-refractivity contribution in [3.8, 4) is 0 Å². The number of methoxy groups -OCH3 is 1. The third-order valence-electron chi connectivity index (χ3n) is 4.04. The first kappa shape index (κ1) is 14.3. The third-order valence-corrected chi connectivity index (χ3v) is 4.04. The van der Waals surface area contributed by atoms with E-state index >= 15 is 0 Å². The highest BCUT2D eigenvalue weighted by atomic mass is 16.5. The predicted molar refractivity (Wildman–Crippen MR) is 77.7 cm³/mol. The summed E-state index contributed by atoms with van der Waals surface area (Å²) < 4.78 is 12.8. The molecule has 1 fully saturated rings. The number of ether oxygens (including phenoxy) is 1. The minimum atomic E-state index is 0.331. The number of aryl methyl sites for hydroxylation is 1. The van der Waals surface area contributed by atoms with Crippen LogP contribution in [0.5, 0.6) is 0 Å². The predicted octanol–water partition coefficient (Wildman–Crippen LogP) is 2.16. The van der Waals surface area contributed by atoms with Gasteiger partial charge in [0.1, 0.15) is 0 Å². The molecule has 0 aliphatic carbocycles. The fraction of sp³-hybridized carbons (Fsp3) is 0.600. The molecule has 1 atom stereocenters. The van der Waals surface area contributed by atoms with Crippen molar-refractivity contribution < 1.29 is 9.26 Å². The van der Waals surface area contributed by atoms with Crippen LogP contribution in [0.25, 0.3) is 0 Å². The molecule has 0 aromatic carbocycles. The number of hydrogen-bond acceptors (Lipinski definition) is 5. The molecule has 0 radical (unpaired) electrons. The number of rotatable bonds is 6. The zero-order chi connectivity index (χ0) is 14.7. The van der Waals surface area contributed by atoms with Crippen molar-refractivity contribution in [2.45, 2.75) is 38.9 Å². The molecule has 0 saturated carbocycles. The highest BCUT2D eigenvalue weighted by Gasteiger charge is 2.29. The SMILES string of the molecule is COCCn1cncc1CN1CCCC1c1cc(C)no1. The van der Waals surface area contributed by atoms with Gasteiger partial charge in [-0.05, 0) is 26.3 Å². The summed E-state index contributed by atoms with van der Waals surface area (Å²) in [5.74, 6) is 0.980. The first-order valence-corrected chi connectivity index (χ1v) is 7.43. The van der Waals surface area contributed by atoms with Gasteiger partial charge in [0.05, 0.1) is 30.4 Å². The van der Waals surface area contributed by atoms with Crippen LogP contribution in [-0.4, -0.2) is 39.9 Å². The van der Waals surface area contributed by atoms with Gasteiger partial charge in [0.2, 0.25) is 0 Å². The van der Waals surface area contributed by atoms with Crippen molar-refractivity contribution in [1.82, 2.24) is 19.6 Å². The molecule has 21 heavy (non-hydrogen) atoms. The van der Waals surface area contributed by atoms with Crippen molar-refractivity contribution in [3.05, 3.63) is 35.7 Å². The van der Waals surface area contributed by atoms with Gasteiger partial charge < -0.3 is 13.8 Å². The standard InChI is InChI=1S/C15H22N4O2/c1-12-8-15(21-17-12)14-4-3-5-18(14)10-13-9-16-11-19(13)6-7-20-2/h8-9,11,14H,3-7,10H2,1-2H3. The zero-order valence-electron chi connectivity index (χ0n) is 12.7. The Kier molecular flexibility index (Phi) is 4.36. The summed E-state index contributed by atoms with van der Waals surface area (Å²) in [4.78, 5) is 6.71. The van der Waals surface area contributed by atoms with E-state index in [1.54, 1.807) is 7.11 Å². The summed E-state index contributed by atoms with van der Waals surface area (Å²) in [6.07, 6.45) is 6.13. The van der Waals surface area contributed by atoms with E-state index in [-0.39, 0.29) is 0 Å². The molecule has 0 spiro atoms.